The van der Waals surface area contributed by atoms with Gasteiger partial charge in [-0.1, -0.05) is 25.4 Å². The number of imidazole rings is 1. The van der Waals surface area contributed by atoms with Gasteiger partial charge in [0.05, 0.1) is 17.6 Å². The Labute approximate surface area is 107 Å². The van der Waals surface area contributed by atoms with Gasteiger partial charge in [-0.25, -0.2) is 4.98 Å². The molecular weight excluding hydrogens is 234 g/mol. The Bertz CT molecular complexity index is 505. The van der Waals surface area contributed by atoms with Crippen LogP contribution in [0.2, 0.25) is 5.02 Å². The number of benzene rings is 1. The van der Waals surface area contributed by atoms with E-state index in [1.165, 1.54) is 5.52 Å². The van der Waals surface area contributed by atoms with Crippen LogP contribution < -0.4 is 5.32 Å². The number of aryl methyl sites for hydroxylation is 1. The van der Waals surface area contributed by atoms with Gasteiger partial charge in [0.1, 0.15) is 5.82 Å². The van der Waals surface area contributed by atoms with E-state index in [2.05, 4.69) is 34.8 Å². The van der Waals surface area contributed by atoms with Crippen molar-refractivity contribution >= 4 is 22.6 Å². The molecule has 0 saturated heterocycles. The van der Waals surface area contributed by atoms with Crippen molar-refractivity contribution in [1.29, 1.82) is 0 Å². The van der Waals surface area contributed by atoms with Crippen LogP contribution in [0.4, 0.5) is 0 Å². The smallest absolute Gasteiger partial charge is 0.123 e. The maximum absolute atomic E-state index is 6.00. The maximum Gasteiger partial charge on any atom is 0.123 e. The zero-order valence-corrected chi connectivity index (χ0v) is 11.1. The number of hydrogen-bond acceptors (Lipinski definition) is 2. The fourth-order valence-electron chi connectivity index (χ4n) is 2.00. The van der Waals surface area contributed by atoms with Gasteiger partial charge in [0.25, 0.3) is 0 Å². The van der Waals surface area contributed by atoms with Crippen molar-refractivity contribution in [3.63, 3.8) is 0 Å². The first kappa shape index (κ1) is 12.4. The molecule has 2 aromatic rings. The summed E-state index contributed by atoms with van der Waals surface area (Å²) < 4.78 is 2.27. The van der Waals surface area contributed by atoms with Crippen LogP contribution in [-0.4, -0.2) is 16.1 Å². The second-order valence-electron chi connectivity index (χ2n) is 4.09. The number of nitrogens with zero attached hydrogens (tertiary/aromatic N) is 2. The molecule has 0 aliphatic heterocycles. The summed E-state index contributed by atoms with van der Waals surface area (Å²) in [6.07, 6.45) is 1.10. The van der Waals surface area contributed by atoms with Gasteiger partial charge in [0, 0.05) is 11.6 Å². The van der Waals surface area contributed by atoms with Gasteiger partial charge >= 0.3 is 0 Å². The van der Waals surface area contributed by atoms with Gasteiger partial charge in [-0.3, -0.25) is 0 Å². The highest BCUT2D eigenvalue weighted by atomic mass is 35.5. The fourth-order valence-corrected chi connectivity index (χ4v) is 2.16. The normalized spacial score (nSPS) is 11.2. The minimum absolute atomic E-state index is 0.744. The monoisotopic (exact) mass is 251 g/mol. The molecule has 0 bridgehead atoms. The Morgan fingerprint density at radius 3 is 2.88 bits per heavy atom. The van der Waals surface area contributed by atoms with E-state index >= 15 is 0 Å². The Morgan fingerprint density at radius 1 is 1.35 bits per heavy atom. The van der Waals surface area contributed by atoms with Crippen molar-refractivity contribution in [2.45, 2.75) is 33.4 Å². The zero-order valence-electron chi connectivity index (χ0n) is 10.3. The lowest BCUT2D eigenvalue weighted by molar-refractivity contribution is 0.610. The summed E-state index contributed by atoms with van der Waals surface area (Å²) in [5.74, 6) is 1.09. The van der Waals surface area contributed by atoms with Crippen LogP contribution >= 0.6 is 11.6 Å². The van der Waals surface area contributed by atoms with E-state index in [0.29, 0.717) is 0 Å². The first-order valence-electron chi connectivity index (χ1n) is 6.11. The first-order chi connectivity index (χ1) is 8.26. The molecule has 1 heterocycles. The molecule has 0 saturated carbocycles. The molecule has 4 heteroatoms. The summed E-state index contributed by atoms with van der Waals surface area (Å²) >= 11 is 6.00. The van der Waals surface area contributed by atoms with E-state index in [4.69, 9.17) is 11.6 Å². The lowest BCUT2D eigenvalue weighted by Gasteiger charge is -2.07. The minimum Gasteiger partial charge on any atom is -0.327 e. The SMILES string of the molecule is CCCn1c(CNCC)nc2cc(Cl)ccc21. The van der Waals surface area contributed by atoms with Gasteiger partial charge in [0.2, 0.25) is 0 Å². The molecule has 1 aromatic heterocycles. The molecule has 2 rings (SSSR count). The van der Waals surface area contributed by atoms with Gasteiger partial charge in [0.15, 0.2) is 0 Å². The highest BCUT2D eigenvalue weighted by Gasteiger charge is 2.09. The number of nitrogens with one attached hydrogen (secondary N) is 1. The second-order valence-corrected chi connectivity index (χ2v) is 4.53. The summed E-state index contributed by atoms with van der Waals surface area (Å²) in [6.45, 7) is 7.04. The minimum atomic E-state index is 0.744. The van der Waals surface area contributed by atoms with E-state index in [0.717, 1.165) is 42.4 Å². The molecular formula is C13H18ClN3. The number of hydrogen-bond donors (Lipinski definition) is 1. The summed E-state index contributed by atoms with van der Waals surface area (Å²) in [4.78, 5) is 4.65. The largest absolute Gasteiger partial charge is 0.327 e. The molecule has 0 fully saturated rings. The molecule has 0 radical (unpaired) electrons. The molecule has 1 aromatic carbocycles. The highest BCUT2D eigenvalue weighted by Crippen LogP contribution is 2.21. The van der Waals surface area contributed by atoms with Gasteiger partial charge < -0.3 is 9.88 Å². The lowest BCUT2D eigenvalue weighted by Crippen LogP contribution is -2.16. The van der Waals surface area contributed by atoms with Crippen LogP contribution in [0.1, 0.15) is 26.1 Å². The fraction of sp³-hybridized carbons (Fsp3) is 0.462. The van der Waals surface area contributed by atoms with Crippen LogP contribution in [0.5, 0.6) is 0 Å². The third-order valence-corrected chi connectivity index (χ3v) is 3.00. The topological polar surface area (TPSA) is 29.9 Å². The highest BCUT2D eigenvalue weighted by molar-refractivity contribution is 6.31. The summed E-state index contributed by atoms with van der Waals surface area (Å²) in [7, 11) is 0. The Morgan fingerprint density at radius 2 is 2.18 bits per heavy atom. The van der Waals surface area contributed by atoms with E-state index in [1.54, 1.807) is 0 Å². The lowest BCUT2D eigenvalue weighted by atomic mass is 10.3. The summed E-state index contributed by atoms with van der Waals surface area (Å²) in [6, 6.07) is 5.91. The molecule has 0 atom stereocenters. The van der Waals surface area contributed by atoms with Crippen molar-refractivity contribution < 1.29 is 0 Å². The van der Waals surface area contributed by atoms with Crippen molar-refractivity contribution in [3.8, 4) is 0 Å². The van der Waals surface area contributed by atoms with Crippen LogP contribution in [0, 0.1) is 0 Å². The predicted octanol–water partition coefficient (Wildman–Crippen LogP) is 3.21. The number of halogens is 1. The molecule has 92 valence electrons. The van der Waals surface area contributed by atoms with Crippen molar-refractivity contribution in [2.24, 2.45) is 0 Å². The maximum atomic E-state index is 6.00. The van der Waals surface area contributed by atoms with Crippen molar-refractivity contribution in [3.05, 3.63) is 29.0 Å². The molecule has 0 aliphatic carbocycles. The summed E-state index contributed by atoms with van der Waals surface area (Å²) in [5.41, 5.74) is 2.16. The molecule has 0 spiro atoms. The average Bonchev–Trinajstić information content (AvgIpc) is 2.64. The van der Waals surface area contributed by atoms with E-state index in [-0.39, 0.29) is 0 Å². The van der Waals surface area contributed by atoms with Crippen LogP contribution in [0.15, 0.2) is 18.2 Å². The zero-order chi connectivity index (χ0) is 12.3. The van der Waals surface area contributed by atoms with Crippen LogP contribution in [-0.2, 0) is 13.1 Å². The van der Waals surface area contributed by atoms with E-state index < -0.39 is 0 Å². The Balaban J connectivity index is 2.45. The van der Waals surface area contributed by atoms with Crippen molar-refractivity contribution in [1.82, 2.24) is 14.9 Å². The molecule has 0 amide bonds. The molecule has 3 nitrogen and oxygen atoms in total. The third-order valence-electron chi connectivity index (χ3n) is 2.77. The summed E-state index contributed by atoms with van der Waals surface area (Å²) in [5, 5.41) is 4.07. The number of aromatic nitrogens is 2. The average molecular weight is 252 g/mol. The second kappa shape index (κ2) is 5.52. The van der Waals surface area contributed by atoms with Crippen LogP contribution in [0.3, 0.4) is 0 Å². The van der Waals surface area contributed by atoms with E-state index in [9.17, 15) is 0 Å². The van der Waals surface area contributed by atoms with E-state index in [1.807, 2.05) is 12.1 Å². The van der Waals surface area contributed by atoms with Crippen molar-refractivity contribution in [2.75, 3.05) is 6.54 Å². The standard InChI is InChI=1S/C13H18ClN3/c1-3-7-17-12-6-5-10(14)8-11(12)16-13(17)9-15-4-2/h5-6,8,15H,3-4,7,9H2,1-2H3. The molecule has 0 aliphatic rings. The third kappa shape index (κ3) is 2.61. The first-order valence-corrected chi connectivity index (χ1v) is 6.49. The van der Waals surface area contributed by atoms with Gasteiger partial charge in [-0.2, -0.15) is 0 Å². The molecule has 17 heavy (non-hydrogen) atoms. The number of fused-ring (bicyclic) bond motifs is 1. The Kier molecular flexibility index (Phi) is 4.02. The molecule has 0 unspecified atom stereocenters. The number of rotatable bonds is 5. The van der Waals surface area contributed by atoms with Gasteiger partial charge in [-0.15, -0.1) is 0 Å². The molecule has 1 N–H and O–H groups in total. The quantitative estimate of drug-likeness (QED) is 0.884. The van der Waals surface area contributed by atoms with Gasteiger partial charge in [-0.05, 0) is 31.2 Å². The van der Waals surface area contributed by atoms with Crippen LogP contribution in [0.25, 0.3) is 11.0 Å². The Hall–Kier alpha value is -1.06. The predicted molar refractivity (Wildman–Crippen MR) is 72.4 cm³/mol.